The van der Waals surface area contributed by atoms with E-state index < -0.39 is 29.0 Å². The average Bonchev–Trinajstić information content (AvgIpc) is 2.20. The molecule has 1 aromatic rings. The van der Waals surface area contributed by atoms with E-state index in [9.17, 15) is 22.7 Å². The lowest BCUT2D eigenvalue weighted by Gasteiger charge is -2.11. The first-order chi connectivity index (χ1) is 7.77. The molecule has 0 radical (unpaired) electrons. The highest BCUT2D eigenvalue weighted by molar-refractivity contribution is 6.28. The Hall–Kier alpha value is -1.50. The summed E-state index contributed by atoms with van der Waals surface area (Å²) in [6, 6.07) is 1.42. The van der Waals surface area contributed by atoms with Gasteiger partial charge in [0.2, 0.25) is 0 Å². The van der Waals surface area contributed by atoms with Crippen molar-refractivity contribution in [3.05, 3.63) is 23.5 Å². The van der Waals surface area contributed by atoms with Crippen molar-refractivity contribution in [2.24, 2.45) is 10.7 Å². The second-order valence-electron chi connectivity index (χ2n) is 3.02. The molecule has 0 saturated heterocycles. The second kappa shape index (κ2) is 4.79. The van der Waals surface area contributed by atoms with Gasteiger partial charge in [-0.3, -0.25) is 0 Å². The van der Waals surface area contributed by atoms with Crippen LogP contribution in [0.3, 0.4) is 0 Å². The Kier molecular flexibility index (Phi) is 3.82. The topological polar surface area (TPSA) is 58.6 Å². The standard InChI is InChI=1S/C9H7ClF4N2O/c10-3-6(15)16-5-2-1-4(11)7(8(5)17)9(12,13)14/h1-2,17H,3H2,(H2,15,16). The number of alkyl halides is 4. The number of rotatable bonds is 2. The highest BCUT2D eigenvalue weighted by Crippen LogP contribution is 2.42. The molecule has 0 aliphatic heterocycles. The SMILES string of the molecule is NC(CCl)=Nc1ccc(F)c(C(F)(F)F)c1O. The molecule has 8 heteroatoms. The third kappa shape index (κ3) is 3.00. The van der Waals surface area contributed by atoms with Crippen molar-refractivity contribution in [2.45, 2.75) is 6.18 Å². The second-order valence-corrected chi connectivity index (χ2v) is 3.29. The molecule has 0 amide bonds. The van der Waals surface area contributed by atoms with Crippen LogP contribution in [0, 0.1) is 5.82 Å². The van der Waals surface area contributed by atoms with E-state index >= 15 is 0 Å². The Morgan fingerprint density at radius 1 is 1.41 bits per heavy atom. The van der Waals surface area contributed by atoms with E-state index in [4.69, 9.17) is 17.3 Å². The summed E-state index contributed by atoms with van der Waals surface area (Å²) < 4.78 is 50.2. The summed E-state index contributed by atoms with van der Waals surface area (Å²) in [5.41, 5.74) is 2.94. The third-order valence-corrected chi connectivity index (χ3v) is 2.06. The van der Waals surface area contributed by atoms with Crippen LogP contribution in [0.25, 0.3) is 0 Å². The van der Waals surface area contributed by atoms with Crippen LogP contribution in [0.15, 0.2) is 17.1 Å². The molecule has 94 valence electrons. The van der Waals surface area contributed by atoms with E-state index in [0.717, 1.165) is 6.07 Å². The predicted molar refractivity (Wildman–Crippen MR) is 55.1 cm³/mol. The molecule has 0 aromatic heterocycles. The molecule has 17 heavy (non-hydrogen) atoms. The Labute approximate surface area is 98.5 Å². The van der Waals surface area contributed by atoms with E-state index in [1.54, 1.807) is 0 Å². The number of nitrogens with two attached hydrogens (primary N) is 1. The fraction of sp³-hybridized carbons (Fsp3) is 0.222. The number of aromatic hydroxyl groups is 1. The van der Waals surface area contributed by atoms with Gasteiger partial charge in [0.05, 0.1) is 5.88 Å². The zero-order chi connectivity index (χ0) is 13.2. The van der Waals surface area contributed by atoms with Crippen LogP contribution in [0.2, 0.25) is 0 Å². The Bertz CT molecular complexity index is 459. The summed E-state index contributed by atoms with van der Waals surface area (Å²) in [6.07, 6.45) is -5.02. The molecule has 0 atom stereocenters. The number of halogens is 5. The highest BCUT2D eigenvalue weighted by atomic mass is 35.5. The summed E-state index contributed by atoms with van der Waals surface area (Å²) in [5.74, 6) is -3.32. The molecule has 0 fully saturated rings. The summed E-state index contributed by atoms with van der Waals surface area (Å²) in [5, 5.41) is 9.28. The largest absolute Gasteiger partial charge is 0.505 e. The van der Waals surface area contributed by atoms with Gasteiger partial charge in [0, 0.05) is 0 Å². The molecule has 3 nitrogen and oxygen atoms in total. The monoisotopic (exact) mass is 270 g/mol. The van der Waals surface area contributed by atoms with Crippen LogP contribution in [0.5, 0.6) is 5.75 Å². The highest BCUT2D eigenvalue weighted by Gasteiger charge is 2.38. The fourth-order valence-electron chi connectivity index (χ4n) is 1.10. The number of benzene rings is 1. The van der Waals surface area contributed by atoms with Crippen molar-refractivity contribution < 1.29 is 22.7 Å². The van der Waals surface area contributed by atoms with Crippen LogP contribution in [0.4, 0.5) is 23.2 Å². The van der Waals surface area contributed by atoms with E-state index in [2.05, 4.69) is 4.99 Å². The van der Waals surface area contributed by atoms with Gasteiger partial charge >= 0.3 is 6.18 Å². The quantitative estimate of drug-likeness (QED) is 0.376. The molecular weight excluding hydrogens is 264 g/mol. The molecule has 0 saturated carbocycles. The minimum absolute atomic E-state index is 0.193. The predicted octanol–water partition coefficient (Wildman–Crippen LogP) is 2.78. The Morgan fingerprint density at radius 2 is 2.00 bits per heavy atom. The zero-order valence-electron chi connectivity index (χ0n) is 8.22. The van der Waals surface area contributed by atoms with Crippen LogP contribution in [-0.4, -0.2) is 16.8 Å². The van der Waals surface area contributed by atoms with E-state index in [0.29, 0.717) is 6.07 Å². The number of phenols is 1. The molecule has 1 aromatic carbocycles. The minimum atomic E-state index is -5.02. The maximum Gasteiger partial charge on any atom is 0.422 e. The number of amidine groups is 1. The average molecular weight is 271 g/mol. The first kappa shape index (κ1) is 13.6. The minimum Gasteiger partial charge on any atom is -0.505 e. The molecule has 1 rings (SSSR count). The molecule has 0 aliphatic carbocycles. The van der Waals surface area contributed by atoms with Crippen LogP contribution >= 0.6 is 11.6 Å². The maximum atomic E-state index is 13.0. The van der Waals surface area contributed by atoms with Gasteiger partial charge in [0.15, 0.2) is 5.75 Å². The lowest BCUT2D eigenvalue weighted by Crippen LogP contribution is -2.13. The number of hydrogen-bond donors (Lipinski definition) is 2. The molecule has 0 heterocycles. The molecule has 3 N–H and O–H groups in total. The molecule has 0 bridgehead atoms. The first-order valence-corrected chi connectivity index (χ1v) is 4.78. The van der Waals surface area contributed by atoms with Crippen molar-refractivity contribution in [2.75, 3.05) is 5.88 Å². The van der Waals surface area contributed by atoms with Crippen LogP contribution < -0.4 is 5.73 Å². The van der Waals surface area contributed by atoms with Crippen molar-refractivity contribution in [3.63, 3.8) is 0 Å². The lowest BCUT2D eigenvalue weighted by atomic mass is 10.1. The van der Waals surface area contributed by atoms with Gasteiger partial charge in [-0.25, -0.2) is 9.38 Å². The molecule has 0 unspecified atom stereocenters. The first-order valence-electron chi connectivity index (χ1n) is 4.25. The lowest BCUT2D eigenvalue weighted by molar-refractivity contribution is -0.141. The van der Waals surface area contributed by atoms with Crippen molar-refractivity contribution in [1.82, 2.24) is 0 Å². The van der Waals surface area contributed by atoms with Gasteiger partial charge in [0.1, 0.15) is 22.9 Å². The summed E-state index contributed by atoms with van der Waals surface area (Å²) in [4.78, 5) is 3.44. The Balaban J connectivity index is 3.39. The number of aliphatic imine (C=N–C) groups is 1. The van der Waals surface area contributed by atoms with Gasteiger partial charge < -0.3 is 10.8 Å². The number of hydrogen-bond acceptors (Lipinski definition) is 2. The van der Waals surface area contributed by atoms with Gasteiger partial charge in [-0.2, -0.15) is 13.2 Å². The van der Waals surface area contributed by atoms with Crippen molar-refractivity contribution in [3.8, 4) is 5.75 Å². The van der Waals surface area contributed by atoms with Crippen LogP contribution in [0.1, 0.15) is 5.56 Å². The van der Waals surface area contributed by atoms with E-state index in [1.165, 1.54) is 0 Å². The van der Waals surface area contributed by atoms with Gasteiger partial charge in [-0.15, -0.1) is 11.6 Å². The summed E-state index contributed by atoms with van der Waals surface area (Å²) in [6.45, 7) is 0. The van der Waals surface area contributed by atoms with Gasteiger partial charge in [-0.1, -0.05) is 0 Å². The third-order valence-electron chi connectivity index (χ3n) is 1.79. The number of phenolic OH excluding ortho intramolecular Hbond substituents is 1. The summed E-state index contributed by atoms with van der Waals surface area (Å²) >= 11 is 5.28. The number of nitrogens with zero attached hydrogens (tertiary/aromatic N) is 1. The Morgan fingerprint density at radius 3 is 2.47 bits per heavy atom. The van der Waals surface area contributed by atoms with Gasteiger partial charge in [0.25, 0.3) is 0 Å². The van der Waals surface area contributed by atoms with Crippen molar-refractivity contribution in [1.29, 1.82) is 0 Å². The van der Waals surface area contributed by atoms with Gasteiger partial charge in [-0.05, 0) is 12.1 Å². The fourth-order valence-corrected chi connectivity index (χ4v) is 1.16. The van der Waals surface area contributed by atoms with E-state index in [-0.39, 0.29) is 11.7 Å². The smallest absolute Gasteiger partial charge is 0.422 e. The zero-order valence-corrected chi connectivity index (χ0v) is 8.98. The molecule has 0 spiro atoms. The summed E-state index contributed by atoms with van der Waals surface area (Å²) in [7, 11) is 0. The van der Waals surface area contributed by atoms with Crippen LogP contribution in [-0.2, 0) is 6.18 Å². The molecular formula is C9H7ClF4N2O. The maximum absolute atomic E-state index is 13.0. The van der Waals surface area contributed by atoms with Crippen molar-refractivity contribution >= 4 is 23.1 Å². The normalized spacial score (nSPS) is 12.9. The van der Waals surface area contributed by atoms with E-state index in [1.807, 2.05) is 0 Å². The molecule has 0 aliphatic rings.